The minimum absolute atomic E-state index is 0.104. The van der Waals surface area contributed by atoms with Gasteiger partial charge in [0.2, 0.25) is 5.91 Å². The molecule has 9 nitrogen and oxygen atoms in total. The fraction of sp³-hybridized carbons (Fsp3) is 0.778. The van der Waals surface area contributed by atoms with Crippen LogP contribution >= 0.6 is 0 Å². The number of β-amino-alcohol motifs (C(OH)–C–C–N with tert-alkyl or cyclic N) is 1. The maximum atomic E-state index is 12.4. The summed E-state index contributed by atoms with van der Waals surface area (Å²) in [6.45, 7) is 5.81. The second-order valence-corrected chi connectivity index (χ2v) is 7.89. The van der Waals surface area contributed by atoms with Gasteiger partial charge in [-0.15, -0.1) is 0 Å². The third kappa shape index (κ3) is 7.55. The van der Waals surface area contributed by atoms with Crippen LogP contribution in [0.2, 0.25) is 0 Å². The summed E-state index contributed by atoms with van der Waals surface area (Å²) in [5.41, 5.74) is -0.235. The largest absolute Gasteiger partial charge is 0.391 e. The molecule has 6 atom stereocenters. The van der Waals surface area contributed by atoms with Gasteiger partial charge < -0.3 is 35.8 Å². The van der Waals surface area contributed by atoms with Gasteiger partial charge >= 0.3 is 0 Å². The third-order valence-corrected chi connectivity index (χ3v) is 4.25. The van der Waals surface area contributed by atoms with Gasteiger partial charge in [-0.1, -0.05) is 32.9 Å². The molecule has 0 bridgehead atoms. The summed E-state index contributed by atoms with van der Waals surface area (Å²) in [6, 6.07) is -0.887. The topological polar surface area (TPSA) is 148 Å². The molecule has 0 radical (unpaired) electrons. The highest BCUT2D eigenvalue weighted by Crippen LogP contribution is 2.17. The number of nitrogens with one attached hydrogen (secondary N) is 2. The van der Waals surface area contributed by atoms with Crippen molar-refractivity contribution >= 4 is 11.8 Å². The summed E-state index contributed by atoms with van der Waals surface area (Å²) >= 11 is 0. The van der Waals surface area contributed by atoms with Crippen molar-refractivity contribution in [1.82, 2.24) is 10.6 Å². The molecular weight excluding hydrogens is 356 g/mol. The lowest BCUT2D eigenvalue weighted by Crippen LogP contribution is -2.55. The third-order valence-electron chi connectivity index (χ3n) is 4.25. The van der Waals surface area contributed by atoms with E-state index in [4.69, 9.17) is 4.74 Å². The van der Waals surface area contributed by atoms with Gasteiger partial charge in [-0.3, -0.25) is 9.59 Å². The minimum Gasteiger partial charge on any atom is -0.391 e. The van der Waals surface area contributed by atoms with Crippen LogP contribution in [0, 0.1) is 5.41 Å². The summed E-state index contributed by atoms with van der Waals surface area (Å²) in [5, 5.41) is 45.0. The smallest absolute Gasteiger partial charge is 0.252 e. The molecule has 27 heavy (non-hydrogen) atoms. The van der Waals surface area contributed by atoms with E-state index in [1.807, 2.05) is 20.8 Å². The zero-order chi connectivity index (χ0) is 20.8. The quantitative estimate of drug-likeness (QED) is 0.289. The molecule has 0 aliphatic carbocycles. The summed E-state index contributed by atoms with van der Waals surface area (Å²) in [4.78, 5) is 24.4. The Morgan fingerprint density at radius 3 is 2.44 bits per heavy atom. The van der Waals surface area contributed by atoms with E-state index in [2.05, 4.69) is 10.6 Å². The minimum atomic E-state index is -1.71. The molecule has 6 N–H and O–H groups in total. The van der Waals surface area contributed by atoms with Crippen LogP contribution in [0.3, 0.4) is 0 Å². The number of carbonyl (C=O) groups is 2. The average molecular weight is 388 g/mol. The maximum absolute atomic E-state index is 12.4. The number of aliphatic hydroxyl groups is 4. The van der Waals surface area contributed by atoms with Crippen LogP contribution in [-0.4, -0.2) is 82.5 Å². The summed E-state index contributed by atoms with van der Waals surface area (Å²) in [7, 11) is 1.18. The van der Waals surface area contributed by atoms with Crippen LogP contribution in [0.5, 0.6) is 0 Å². The van der Waals surface area contributed by atoms with Crippen LogP contribution < -0.4 is 10.6 Å². The lowest BCUT2D eigenvalue weighted by molar-refractivity contribution is -0.150. The molecule has 0 aromatic heterocycles. The number of hydrogen-bond donors (Lipinski definition) is 6. The van der Waals surface area contributed by atoms with E-state index in [-0.39, 0.29) is 18.4 Å². The molecule has 9 heteroatoms. The molecule has 0 saturated carbocycles. The zero-order valence-corrected chi connectivity index (χ0v) is 16.3. The number of allylic oxidation sites excluding steroid dienone is 1. The van der Waals surface area contributed by atoms with Crippen LogP contribution in [0.1, 0.15) is 33.6 Å². The number of ether oxygens (including phenoxy) is 1. The van der Waals surface area contributed by atoms with E-state index in [1.54, 1.807) is 6.08 Å². The van der Waals surface area contributed by atoms with Gasteiger partial charge in [0.1, 0.15) is 24.4 Å². The van der Waals surface area contributed by atoms with Crippen molar-refractivity contribution in [2.24, 2.45) is 5.41 Å². The number of hydrogen-bond acceptors (Lipinski definition) is 7. The van der Waals surface area contributed by atoms with E-state index >= 15 is 0 Å². The summed E-state index contributed by atoms with van der Waals surface area (Å²) in [6.07, 6.45) is -3.38. The van der Waals surface area contributed by atoms with E-state index < -0.39 is 48.4 Å². The maximum Gasteiger partial charge on any atom is 0.252 e. The zero-order valence-electron chi connectivity index (χ0n) is 16.3. The monoisotopic (exact) mass is 388 g/mol. The van der Waals surface area contributed by atoms with Crippen molar-refractivity contribution in [3.8, 4) is 0 Å². The van der Waals surface area contributed by atoms with Crippen LogP contribution in [0.25, 0.3) is 0 Å². The number of aliphatic hydroxyl groups excluding tert-OH is 4. The van der Waals surface area contributed by atoms with Crippen molar-refractivity contribution in [2.75, 3.05) is 13.7 Å². The van der Waals surface area contributed by atoms with Crippen molar-refractivity contribution < 1.29 is 34.8 Å². The molecule has 2 amide bonds. The average Bonchev–Trinajstić information content (AvgIpc) is 2.74. The number of rotatable bonds is 7. The van der Waals surface area contributed by atoms with E-state index in [1.165, 1.54) is 13.2 Å². The van der Waals surface area contributed by atoms with Gasteiger partial charge in [-0.2, -0.15) is 0 Å². The van der Waals surface area contributed by atoms with Crippen LogP contribution in [0.15, 0.2) is 12.2 Å². The first-order chi connectivity index (χ1) is 12.5. The lowest BCUT2D eigenvalue weighted by Gasteiger charge is -2.28. The molecule has 1 rings (SSSR count). The number of methoxy groups -OCH3 is 1. The highest BCUT2D eigenvalue weighted by Gasteiger charge is 2.37. The second kappa shape index (κ2) is 10.1. The Kier molecular flexibility index (Phi) is 8.83. The summed E-state index contributed by atoms with van der Waals surface area (Å²) < 4.78 is 4.98. The Labute approximate surface area is 159 Å². The second-order valence-electron chi connectivity index (χ2n) is 7.89. The molecule has 1 fully saturated rings. The Morgan fingerprint density at radius 2 is 1.89 bits per heavy atom. The van der Waals surface area contributed by atoms with Crippen LogP contribution in [0.4, 0.5) is 0 Å². The number of amides is 2. The fourth-order valence-electron chi connectivity index (χ4n) is 2.61. The molecule has 0 unspecified atom stereocenters. The molecule has 1 aliphatic rings. The molecule has 1 aliphatic heterocycles. The molecule has 0 spiro atoms. The molecule has 1 saturated heterocycles. The number of carbonyl (C=O) groups excluding carboxylic acids is 2. The highest BCUT2D eigenvalue weighted by atomic mass is 16.5. The summed E-state index contributed by atoms with van der Waals surface area (Å²) in [5.74, 6) is -1.24. The van der Waals surface area contributed by atoms with Crippen LogP contribution in [-0.2, 0) is 14.3 Å². The van der Waals surface area contributed by atoms with Crippen molar-refractivity contribution in [1.29, 1.82) is 0 Å². The Morgan fingerprint density at radius 1 is 1.26 bits per heavy atom. The SMILES string of the molecule is CO[C@@H](C(=O)N[C@H]1CC[C@@H](O)CNC1=O)[C@H](O)[C@@H](O)[C@H](O)/C=C/C(C)(C)C. The Bertz CT molecular complexity index is 532. The van der Waals surface area contributed by atoms with E-state index in [0.717, 1.165) is 0 Å². The standard InChI is InChI=1S/C18H32N2O7/c1-18(2,3)8-7-12(22)13(23)14(24)15(27-4)17(26)20-11-6-5-10(21)9-19-16(11)25/h7-8,10-15,21-24H,5-6,9H2,1-4H3,(H,19,25)(H,20,26)/b8-7+/t10-,11+,12-,13+,14-,15-/m1/s1. The normalized spacial score (nSPS) is 26.0. The first-order valence-corrected chi connectivity index (χ1v) is 8.98. The predicted octanol–water partition coefficient (Wildman–Crippen LogP) is -1.56. The molecule has 0 aromatic rings. The predicted molar refractivity (Wildman–Crippen MR) is 97.6 cm³/mol. The Hall–Kier alpha value is -1.52. The first kappa shape index (κ1) is 23.5. The van der Waals surface area contributed by atoms with E-state index in [9.17, 15) is 30.0 Å². The molecular formula is C18H32N2O7. The van der Waals surface area contributed by atoms with Gasteiger partial charge in [0.05, 0.1) is 6.10 Å². The van der Waals surface area contributed by atoms with Crippen molar-refractivity contribution in [3.63, 3.8) is 0 Å². The molecule has 1 heterocycles. The van der Waals surface area contributed by atoms with Gasteiger partial charge in [0.25, 0.3) is 5.91 Å². The van der Waals surface area contributed by atoms with Crippen molar-refractivity contribution in [2.45, 2.75) is 70.2 Å². The first-order valence-electron chi connectivity index (χ1n) is 8.98. The lowest BCUT2D eigenvalue weighted by atomic mass is 9.94. The van der Waals surface area contributed by atoms with Gasteiger partial charge in [0.15, 0.2) is 6.10 Å². The molecule has 0 aromatic carbocycles. The van der Waals surface area contributed by atoms with E-state index in [0.29, 0.717) is 6.42 Å². The Balaban J connectivity index is 2.75. The van der Waals surface area contributed by atoms with Gasteiger partial charge in [-0.25, -0.2) is 0 Å². The highest BCUT2D eigenvalue weighted by molar-refractivity contribution is 5.89. The van der Waals surface area contributed by atoms with Gasteiger partial charge in [0, 0.05) is 13.7 Å². The molecule has 156 valence electrons. The van der Waals surface area contributed by atoms with Crippen molar-refractivity contribution in [3.05, 3.63) is 12.2 Å². The fourth-order valence-corrected chi connectivity index (χ4v) is 2.61. The van der Waals surface area contributed by atoms with Gasteiger partial charge in [-0.05, 0) is 18.3 Å².